The lowest BCUT2D eigenvalue weighted by atomic mass is 10.2. The van der Waals surface area contributed by atoms with E-state index in [2.05, 4.69) is 15.9 Å². The predicted octanol–water partition coefficient (Wildman–Crippen LogP) is 4.04. The lowest BCUT2D eigenvalue weighted by Crippen LogP contribution is -2.26. The maximum Gasteiger partial charge on any atom is 0.263 e. The van der Waals surface area contributed by atoms with Crippen molar-refractivity contribution in [3.63, 3.8) is 0 Å². The molecular formula is C11H15BrClNOS. The zero-order valence-electron chi connectivity index (χ0n) is 9.21. The van der Waals surface area contributed by atoms with Gasteiger partial charge >= 0.3 is 0 Å². The first kappa shape index (κ1) is 14.0. The van der Waals surface area contributed by atoms with Gasteiger partial charge in [-0.05, 0) is 25.0 Å². The van der Waals surface area contributed by atoms with E-state index >= 15 is 0 Å². The molecule has 0 aliphatic rings. The Morgan fingerprint density at radius 1 is 1.44 bits per heavy atom. The molecule has 0 fully saturated rings. The molecule has 0 unspecified atom stereocenters. The Kier molecular flexibility index (Phi) is 6.39. The molecule has 1 aromatic rings. The molecule has 5 heteroatoms. The quantitative estimate of drug-likeness (QED) is 0.571. The van der Waals surface area contributed by atoms with Gasteiger partial charge in [-0.3, -0.25) is 4.79 Å². The third kappa shape index (κ3) is 4.44. The second-order valence-electron chi connectivity index (χ2n) is 3.58. The van der Waals surface area contributed by atoms with Crippen molar-refractivity contribution >= 4 is 44.8 Å². The van der Waals surface area contributed by atoms with Crippen molar-refractivity contribution in [2.75, 3.05) is 18.9 Å². The molecule has 1 amide bonds. The van der Waals surface area contributed by atoms with Crippen molar-refractivity contribution in [1.82, 2.24) is 4.90 Å². The summed E-state index contributed by atoms with van der Waals surface area (Å²) in [7, 11) is 1.84. The van der Waals surface area contributed by atoms with Crippen LogP contribution in [0.25, 0.3) is 0 Å². The van der Waals surface area contributed by atoms with Gasteiger partial charge in [-0.25, -0.2) is 0 Å². The van der Waals surface area contributed by atoms with Gasteiger partial charge in [0, 0.05) is 18.9 Å². The smallest absolute Gasteiger partial charge is 0.263 e. The molecule has 1 aromatic heterocycles. The summed E-state index contributed by atoms with van der Waals surface area (Å²) >= 11 is 10.5. The largest absolute Gasteiger partial charge is 0.341 e. The van der Waals surface area contributed by atoms with E-state index in [1.807, 2.05) is 7.05 Å². The van der Waals surface area contributed by atoms with E-state index in [-0.39, 0.29) is 5.91 Å². The fourth-order valence-electron chi connectivity index (χ4n) is 1.34. The fraction of sp³-hybridized carbons (Fsp3) is 0.545. The summed E-state index contributed by atoms with van der Waals surface area (Å²) in [5, 5.41) is 1.03. The van der Waals surface area contributed by atoms with E-state index in [1.54, 1.807) is 17.0 Å². The molecule has 0 saturated heterocycles. The Labute approximate surface area is 114 Å². The van der Waals surface area contributed by atoms with Gasteiger partial charge in [0.15, 0.2) is 0 Å². The SMILES string of the molecule is CN(CCCCCBr)C(=O)c1ccc(Cl)s1. The van der Waals surface area contributed by atoms with Crippen LogP contribution in [0.1, 0.15) is 28.9 Å². The number of unbranched alkanes of at least 4 members (excludes halogenated alkanes) is 2. The summed E-state index contributed by atoms with van der Waals surface area (Å²) < 4.78 is 0.663. The highest BCUT2D eigenvalue weighted by Crippen LogP contribution is 2.22. The van der Waals surface area contributed by atoms with Gasteiger partial charge < -0.3 is 4.90 Å². The first-order chi connectivity index (χ1) is 7.65. The number of halogens is 2. The first-order valence-electron chi connectivity index (χ1n) is 5.22. The molecule has 2 nitrogen and oxygen atoms in total. The second-order valence-corrected chi connectivity index (χ2v) is 6.09. The van der Waals surface area contributed by atoms with Gasteiger partial charge in [0.25, 0.3) is 5.91 Å². The van der Waals surface area contributed by atoms with Crippen molar-refractivity contribution < 1.29 is 4.79 Å². The average molecular weight is 325 g/mol. The Bertz CT molecular complexity index is 342. The van der Waals surface area contributed by atoms with Gasteiger partial charge in [0.2, 0.25) is 0 Å². The summed E-state index contributed by atoms with van der Waals surface area (Å²) in [5.74, 6) is 0.0655. The topological polar surface area (TPSA) is 20.3 Å². The van der Waals surface area contributed by atoms with Crippen LogP contribution in [0.4, 0.5) is 0 Å². The Morgan fingerprint density at radius 2 is 2.19 bits per heavy atom. The molecule has 0 aromatic carbocycles. The number of rotatable bonds is 6. The normalized spacial score (nSPS) is 10.4. The molecule has 0 N–H and O–H groups in total. The third-order valence-electron chi connectivity index (χ3n) is 2.26. The number of carbonyl (C=O) groups is 1. The predicted molar refractivity (Wildman–Crippen MR) is 73.9 cm³/mol. The van der Waals surface area contributed by atoms with Crippen LogP contribution in [0.2, 0.25) is 4.34 Å². The minimum atomic E-state index is 0.0655. The molecule has 0 radical (unpaired) electrons. The molecule has 0 spiro atoms. The van der Waals surface area contributed by atoms with Crippen molar-refractivity contribution in [3.05, 3.63) is 21.3 Å². The van der Waals surface area contributed by atoms with Crippen LogP contribution in [0, 0.1) is 0 Å². The number of carbonyl (C=O) groups excluding carboxylic acids is 1. The van der Waals surface area contributed by atoms with E-state index in [4.69, 9.17) is 11.6 Å². The van der Waals surface area contributed by atoms with Crippen molar-refractivity contribution in [1.29, 1.82) is 0 Å². The van der Waals surface area contributed by atoms with Crippen LogP contribution in [-0.2, 0) is 0 Å². The molecular weight excluding hydrogens is 310 g/mol. The highest BCUT2D eigenvalue weighted by Gasteiger charge is 2.13. The van der Waals surface area contributed by atoms with E-state index in [0.717, 1.165) is 31.1 Å². The number of thiophene rings is 1. The van der Waals surface area contributed by atoms with Crippen molar-refractivity contribution in [3.8, 4) is 0 Å². The van der Waals surface area contributed by atoms with E-state index in [9.17, 15) is 4.79 Å². The van der Waals surface area contributed by atoms with E-state index in [0.29, 0.717) is 9.21 Å². The van der Waals surface area contributed by atoms with Crippen LogP contribution in [-0.4, -0.2) is 29.7 Å². The third-order valence-corrected chi connectivity index (χ3v) is 4.04. The van der Waals surface area contributed by atoms with Crippen molar-refractivity contribution in [2.24, 2.45) is 0 Å². The Morgan fingerprint density at radius 3 is 2.75 bits per heavy atom. The second kappa shape index (κ2) is 7.30. The lowest BCUT2D eigenvalue weighted by molar-refractivity contribution is 0.0797. The monoisotopic (exact) mass is 323 g/mol. The maximum absolute atomic E-state index is 11.9. The fourth-order valence-corrected chi connectivity index (χ4v) is 2.77. The summed E-state index contributed by atoms with van der Waals surface area (Å²) in [6.07, 6.45) is 3.36. The highest BCUT2D eigenvalue weighted by molar-refractivity contribution is 9.09. The summed E-state index contributed by atoms with van der Waals surface area (Å²) in [4.78, 5) is 14.4. The van der Waals surface area contributed by atoms with Crippen molar-refractivity contribution in [2.45, 2.75) is 19.3 Å². The van der Waals surface area contributed by atoms with Crippen LogP contribution in [0.3, 0.4) is 0 Å². The molecule has 16 heavy (non-hydrogen) atoms. The minimum absolute atomic E-state index is 0.0655. The van der Waals surface area contributed by atoms with Crippen LogP contribution >= 0.6 is 38.9 Å². The highest BCUT2D eigenvalue weighted by atomic mass is 79.9. The molecule has 0 aliphatic heterocycles. The minimum Gasteiger partial charge on any atom is -0.341 e. The maximum atomic E-state index is 11.9. The number of hydrogen-bond donors (Lipinski definition) is 0. The van der Waals surface area contributed by atoms with Gasteiger partial charge in [-0.15, -0.1) is 11.3 Å². The molecule has 1 heterocycles. The molecule has 90 valence electrons. The lowest BCUT2D eigenvalue weighted by Gasteiger charge is -2.15. The summed E-state index contributed by atoms with van der Waals surface area (Å²) in [5.41, 5.74) is 0. The summed E-state index contributed by atoms with van der Waals surface area (Å²) in [6, 6.07) is 3.54. The Balaban J connectivity index is 2.36. The number of hydrogen-bond acceptors (Lipinski definition) is 2. The van der Waals surface area contributed by atoms with Gasteiger partial charge in [0.05, 0.1) is 9.21 Å². The summed E-state index contributed by atoms with van der Waals surface area (Å²) in [6.45, 7) is 0.807. The number of amides is 1. The van der Waals surface area contributed by atoms with Gasteiger partial charge in [0.1, 0.15) is 0 Å². The zero-order chi connectivity index (χ0) is 12.0. The van der Waals surface area contributed by atoms with Crippen LogP contribution in [0.5, 0.6) is 0 Å². The average Bonchev–Trinajstić information content (AvgIpc) is 2.70. The van der Waals surface area contributed by atoms with Gasteiger partial charge in [-0.2, -0.15) is 0 Å². The Hall–Kier alpha value is -0.0600. The molecule has 0 saturated carbocycles. The number of nitrogens with zero attached hydrogens (tertiary/aromatic N) is 1. The standard InChI is InChI=1S/C11H15BrClNOS/c1-14(8-4-2-3-7-12)11(15)9-5-6-10(13)16-9/h5-6H,2-4,7-8H2,1H3. The molecule has 0 bridgehead atoms. The van der Waals surface area contributed by atoms with E-state index < -0.39 is 0 Å². The number of alkyl halides is 1. The molecule has 0 atom stereocenters. The van der Waals surface area contributed by atoms with E-state index in [1.165, 1.54) is 11.3 Å². The molecule has 1 rings (SSSR count). The van der Waals surface area contributed by atoms with Crippen LogP contribution < -0.4 is 0 Å². The first-order valence-corrected chi connectivity index (χ1v) is 7.53. The zero-order valence-corrected chi connectivity index (χ0v) is 12.4. The van der Waals surface area contributed by atoms with Crippen LogP contribution in [0.15, 0.2) is 12.1 Å². The molecule has 0 aliphatic carbocycles. The van der Waals surface area contributed by atoms with Gasteiger partial charge in [-0.1, -0.05) is 34.0 Å².